The predicted octanol–water partition coefficient (Wildman–Crippen LogP) is 5.99. The first-order valence-electron chi connectivity index (χ1n) is 14.4. The zero-order valence-electron chi connectivity index (χ0n) is 25.5. The third kappa shape index (κ3) is 8.77. The van der Waals surface area contributed by atoms with E-state index in [1.54, 1.807) is 10.8 Å². The minimum Gasteiger partial charge on any atom is -0.485 e. The van der Waals surface area contributed by atoms with E-state index in [-0.39, 0.29) is 32.6 Å². The number of benzene rings is 3. The van der Waals surface area contributed by atoms with Gasteiger partial charge in [0.1, 0.15) is 0 Å². The number of halogens is 1. The van der Waals surface area contributed by atoms with Crippen LogP contribution in [0.3, 0.4) is 0 Å². The molecule has 6 aromatic rings. The number of aromatic nitrogens is 4. The van der Waals surface area contributed by atoms with E-state index in [1.807, 2.05) is 91.0 Å². The summed E-state index contributed by atoms with van der Waals surface area (Å²) in [5.74, 6) is 0.372. The Bertz CT molecular complexity index is 2100. The third-order valence-electron chi connectivity index (χ3n) is 6.81. The normalized spacial score (nSPS) is 12.3. The summed E-state index contributed by atoms with van der Waals surface area (Å²) in [7, 11) is 1.50. The number of carbonyl (C=O) groups excluding carboxylic acids is 2. The quantitative estimate of drug-likeness (QED) is 0.211. The number of hydrogen-bond acceptors (Lipinski definition) is 11. The van der Waals surface area contributed by atoms with Crippen molar-refractivity contribution in [3.05, 3.63) is 138 Å². The number of thiazole rings is 2. The number of rotatable bonds is 7. The molecule has 0 unspecified atom stereocenters. The van der Waals surface area contributed by atoms with Gasteiger partial charge >= 0.3 is 9.75 Å². The molecule has 1 aliphatic rings. The van der Waals surface area contributed by atoms with E-state index in [9.17, 15) is 19.2 Å². The molecule has 0 aliphatic carbocycles. The van der Waals surface area contributed by atoms with E-state index < -0.39 is 0 Å². The summed E-state index contributed by atoms with van der Waals surface area (Å²) in [5.41, 5.74) is 9.23. The van der Waals surface area contributed by atoms with Crippen molar-refractivity contribution in [2.45, 2.75) is 19.6 Å². The van der Waals surface area contributed by atoms with E-state index in [4.69, 9.17) is 22.1 Å². The number of ether oxygens (including phenoxy) is 1. The van der Waals surface area contributed by atoms with Gasteiger partial charge in [-0.25, -0.2) is 4.98 Å². The maximum absolute atomic E-state index is 11.9. The van der Waals surface area contributed by atoms with Gasteiger partial charge in [-0.2, -0.15) is 4.98 Å². The molecule has 0 spiro atoms. The van der Waals surface area contributed by atoms with Crippen LogP contribution in [0.1, 0.15) is 16.7 Å². The van der Waals surface area contributed by atoms with Crippen molar-refractivity contribution in [3.8, 4) is 5.06 Å². The van der Waals surface area contributed by atoms with Crippen LogP contribution in [0, 0.1) is 0 Å². The van der Waals surface area contributed by atoms with Gasteiger partial charge in [-0.05, 0) is 28.0 Å². The second-order valence-corrected chi connectivity index (χ2v) is 13.3. The number of amides is 2. The highest BCUT2D eigenvalue weighted by molar-refractivity contribution is 8.14. The Hall–Kier alpha value is -4.76. The lowest BCUT2D eigenvalue weighted by molar-refractivity contribution is -0.125. The van der Waals surface area contributed by atoms with Gasteiger partial charge in [0.15, 0.2) is 10.8 Å². The van der Waals surface area contributed by atoms with Crippen molar-refractivity contribution in [3.63, 3.8) is 0 Å². The summed E-state index contributed by atoms with van der Waals surface area (Å²) in [4.78, 5) is 55.3. The molecule has 3 aromatic carbocycles. The van der Waals surface area contributed by atoms with E-state index in [2.05, 4.69) is 9.97 Å². The van der Waals surface area contributed by atoms with Gasteiger partial charge in [-0.15, -0.1) is 0 Å². The molecule has 2 N–H and O–H groups in total. The van der Waals surface area contributed by atoms with E-state index in [0.29, 0.717) is 35.5 Å². The van der Waals surface area contributed by atoms with Crippen molar-refractivity contribution in [2.75, 3.05) is 18.6 Å². The molecule has 1 fully saturated rings. The molecule has 11 nitrogen and oxygen atoms in total. The Morgan fingerprint density at radius 3 is 1.79 bits per heavy atom. The first kappa shape index (κ1) is 34.6. The number of nitrogens with two attached hydrogens (primary N) is 1. The van der Waals surface area contributed by atoms with Crippen LogP contribution < -0.4 is 20.2 Å². The number of nitrogen functional groups attached to an aromatic ring is 1. The first-order chi connectivity index (χ1) is 23.2. The summed E-state index contributed by atoms with van der Waals surface area (Å²) in [6.07, 6.45) is 1.59. The minimum absolute atomic E-state index is 0.0475. The highest BCUT2D eigenvalue weighted by atomic mass is 35.5. The highest BCUT2D eigenvalue weighted by Crippen LogP contribution is 2.27. The molecule has 0 bridgehead atoms. The van der Waals surface area contributed by atoms with Gasteiger partial charge in [0.2, 0.25) is 16.9 Å². The third-order valence-corrected chi connectivity index (χ3v) is 10.0. The monoisotopic (exact) mass is 720 g/mol. The van der Waals surface area contributed by atoms with Crippen LogP contribution in [0.2, 0.25) is 5.15 Å². The van der Waals surface area contributed by atoms with Crippen molar-refractivity contribution >= 4 is 73.5 Å². The van der Waals surface area contributed by atoms with Crippen molar-refractivity contribution in [1.29, 1.82) is 0 Å². The number of nitrogens with zero attached hydrogens (tertiary/aromatic N) is 5. The molecular weight excluding hydrogens is 692 g/mol. The smallest absolute Gasteiger partial charge is 0.312 e. The molecule has 1 aliphatic heterocycles. The summed E-state index contributed by atoms with van der Waals surface area (Å²) in [6.45, 7) is 1.36. The average molecular weight is 721 g/mol. The highest BCUT2D eigenvalue weighted by Gasteiger charge is 2.29. The first-order valence-corrected chi connectivity index (χ1v) is 17.4. The van der Waals surface area contributed by atoms with E-state index in [0.717, 1.165) is 55.8 Å². The molecule has 4 heterocycles. The molecular formula is C33H29ClN6O5S3. The Labute approximate surface area is 292 Å². The molecule has 246 valence electrons. The lowest BCUT2D eigenvalue weighted by atomic mass is 10.2. The van der Waals surface area contributed by atoms with Gasteiger partial charge in [0, 0.05) is 0 Å². The Morgan fingerprint density at radius 1 is 0.771 bits per heavy atom. The lowest BCUT2D eigenvalue weighted by Gasteiger charge is -2.11. The maximum atomic E-state index is 11.9. The zero-order chi connectivity index (χ0) is 34.0. The SMILES string of the molecule is COc1sc(=O)n(Cc2ccccc2)c1Cl.Nc1ncc2sc(=O)n(Cc3ccccc3)c2n1.O=C1CSC(=O)N1Cc1ccccc1. The molecule has 48 heavy (non-hydrogen) atoms. The summed E-state index contributed by atoms with van der Waals surface area (Å²) < 4.78 is 8.88. The van der Waals surface area contributed by atoms with Gasteiger partial charge in [0.05, 0.1) is 43.4 Å². The van der Waals surface area contributed by atoms with Crippen molar-refractivity contribution < 1.29 is 14.3 Å². The van der Waals surface area contributed by atoms with Crippen molar-refractivity contribution in [2.24, 2.45) is 0 Å². The summed E-state index contributed by atoms with van der Waals surface area (Å²) in [6, 6.07) is 29.0. The standard InChI is InChI=1S/C12H10N4OS.C11H10ClNO2S.C10H9NO2S/c13-11-14-6-9-10(15-11)16(12(17)18-9)7-8-4-2-1-3-5-8;1-15-10-9(12)13(11(14)16-10)7-8-5-3-2-4-6-8;12-9-7-14-10(13)11(9)6-8-4-2-1-3-5-8/h1-6H,7H2,(H2,13,14,15);2-6H,7H2,1H3;1-5H,6-7H2. The fourth-order valence-corrected chi connectivity index (χ4v) is 7.08. The Morgan fingerprint density at radius 2 is 1.29 bits per heavy atom. The number of anilines is 1. The molecule has 7 rings (SSSR count). The van der Waals surface area contributed by atoms with Crippen LogP contribution >= 0.6 is 46.0 Å². The van der Waals surface area contributed by atoms with Gasteiger partial charge < -0.3 is 10.5 Å². The Balaban J connectivity index is 0.000000142. The van der Waals surface area contributed by atoms with E-state index in [1.165, 1.54) is 16.6 Å². The van der Waals surface area contributed by atoms with Crippen LogP contribution in [-0.2, 0) is 24.4 Å². The molecule has 0 atom stereocenters. The largest absolute Gasteiger partial charge is 0.485 e. The van der Waals surface area contributed by atoms with Crippen molar-refractivity contribution in [1.82, 2.24) is 24.0 Å². The van der Waals surface area contributed by atoms with E-state index >= 15 is 0 Å². The van der Waals surface area contributed by atoms with Crippen LogP contribution in [-0.4, -0.2) is 48.0 Å². The zero-order valence-corrected chi connectivity index (χ0v) is 28.7. The fraction of sp³-hybridized carbons (Fsp3) is 0.152. The van der Waals surface area contributed by atoms with Crippen LogP contribution in [0.5, 0.6) is 5.06 Å². The van der Waals surface area contributed by atoms with Crippen LogP contribution in [0.4, 0.5) is 10.7 Å². The molecule has 1 saturated heterocycles. The average Bonchev–Trinajstić information content (AvgIpc) is 3.69. The molecule has 3 aromatic heterocycles. The topological polar surface area (TPSA) is 142 Å². The van der Waals surface area contributed by atoms with Gasteiger partial charge in [-0.1, -0.05) is 126 Å². The van der Waals surface area contributed by atoms with Crippen LogP contribution in [0.25, 0.3) is 10.3 Å². The molecule has 0 saturated carbocycles. The second kappa shape index (κ2) is 16.4. The number of hydrogen-bond donors (Lipinski definition) is 1. The lowest BCUT2D eigenvalue weighted by Crippen LogP contribution is -2.27. The molecule has 15 heteroatoms. The summed E-state index contributed by atoms with van der Waals surface area (Å²) in [5, 5.41) is 0.683. The number of thioether (sulfide) groups is 1. The summed E-state index contributed by atoms with van der Waals surface area (Å²) >= 11 is 9.25. The second-order valence-electron chi connectivity index (χ2n) is 10.1. The number of methoxy groups -OCH3 is 1. The van der Waals surface area contributed by atoms with Gasteiger partial charge in [-0.3, -0.25) is 33.2 Å². The maximum Gasteiger partial charge on any atom is 0.312 e. The number of carbonyl (C=O) groups is 2. The number of fused-ring (bicyclic) bond motifs is 1. The molecule has 2 amide bonds. The Kier molecular flexibility index (Phi) is 11.8. The fourth-order valence-electron chi connectivity index (χ4n) is 4.47. The molecule has 0 radical (unpaired) electrons. The van der Waals surface area contributed by atoms with Gasteiger partial charge in [0.25, 0.3) is 5.24 Å². The van der Waals surface area contributed by atoms with Crippen LogP contribution in [0.15, 0.2) is 107 Å². The predicted molar refractivity (Wildman–Crippen MR) is 192 cm³/mol. The number of imide groups is 1. The minimum atomic E-state index is -0.140.